The number of primary amides is 1. The Balaban J connectivity index is 1.92. The third-order valence-electron chi connectivity index (χ3n) is 5.31. The Hall–Kier alpha value is -1.32. The van der Waals surface area contributed by atoms with E-state index in [4.69, 9.17) is 5.73 Å². The number of hydrogen-bond acceptors (Lipinski definition) is 2. The zero-order chi connectivity index (χ0) is 15.5. The van der Waals surface area contributed by atoms with E-state index in [2.05, 4.69) is 19.2 Å². The number of rotatable bonds is 8. The molecule has 4 unspecified atom stereocenters. The van der Waals surface area contributed by atoms with Crippen LogP contribution in [0.15, 0.2) is 12.2 Å². The van der Waals surface area contributed by atoms with Crippen molar-refractivity contribution in [2.45, 2.75) is 52.4 Å². The van der Waals surface area contributed by atoms with Gasteiger partial charge in [-0.15, -0.1) is 0 Å². The topological polar surface area (TPSA) is 72.2 Å². The molecule has 118 valence electrons. The smallest absolute Gasteiger partial charge is 0.228 e. The third-order valence-corrected chi connectivity index (χ3v) is 5.31. The van der Waals surface area contributed by atoms with Crippen molar-refractivity contribution in [1.82, 2.24) is 5.32 Å². The van der Waals surface area contributed by atoms with Gasteiger partial charge in [-0.25, -0.2) is 0 Å². The van der Waals surface area contributed by atoms with Crippen molar-refractivity contribution in [3.63, 3.8) is 0 Å². The van der Waals surface area contributed by atoms with Gasteiger partial charge in [-0.2, -0.15) is 0 Å². The summed E-state index contributed by atoms with van der Waals surface area (Å²) in [5, 5.41) is 3.07. The minimum absolute atomic E-state index is 0.00981. The van der Waals surface area contributed by atoms with Crippen LogP contribution in [0.25, 0.3) is 0 Å². The van der Waals surface area contributed by atoms with E-state index in [-0.39, 0.29) is 17.7 Å². The molecule has 0 radical (unpaired) electrons. The number of unbranched alkanes of at least 4 members (excludes halogenated alkanes) is 1. The Labute approximate surface area is 127 Å². The van der Waals surface area contributed by atoms with Crippen molar-refractivity contribution < 1.29 is 9.59 Å². The molecule has 1 fully saturated rings. The highest BCUT2D eigenvalue weighted by Gasteiger charge is 2.55. The number of carbonyl (C=O) groups excluding carboxylic acids is 2. The average Bonchev–Trinajstić information content (AvgIpc) is 3.06. The first-order valence-electron chi connectivity index (χ1n) is 8.30. The standard InChI is InChI=1S/C17H28N2O2/c1-3-5-6-12(4-2)11-19-15(20)14-9-13-7-8-17(14,10-13)16(18)21/h7-8,12-14H,3-6,9-11H2,1-2H3,(H2,18,21)(H,19,20). The number of carbonyl (C=O) groups is 2. The number of hydrogen-bond donors (Lipinski definition) is 2. The molecular formula is C17H28N2O2. The van der Waals surface area contributed by atoms with Crippen molar-refractivity contribution in [2.24, 2.45) is 28.9 Å². The molecule has 4 atom stereocenters. The molecule has 2 amide bonds. The van der Waals surface area contributed by atoms with Crippen LogP contribution in [-0.2, 0) is 9.59 Å². The van der Waals surface area contributed by atoms with Crippen LogP contribution in [0, 0.1) is 23.2 Å². The van der Waals surface area contributed by atoms with Gasteiger partial charge in [-0.3, -0.25) is 9.59 Å². The number of fused-ring (bicyclic) bond motifs is 2. The lowest BCUT2D eigenvalue weighted by Gasteiger charge is -2.28. The highest BCUT2D eigenvalue weighted by atomic mass is 16.2. The zero-order valence-corrected chi connectivity index (χ0v) is 13.2. The summed E-state index contributed by atoms with van der Waals surface area (Å²) in [6.45, 7) is 5.07. The molecule has 4 nitrogen and oxygen atoms in total. The molecule has 2 aliphatic carbocycles. The SMILES string of the molecule is CCCCC(CC)CNC(=O)C1CC2C=CC1(C(N)=O)C2. The summed E-state index contributed by atoms with van der Waals surface area (Å²) in [4.78, 5) is 24.3. The molecule has 2 rings (SSSR count). The highest BCUT2D eigenvalue weighted by Crippen LogP contribution is 2.53. The van der Waals surface area contributed by atoms with Crippen LogP contribution in [0.2, 0.25) is 0 Å². The predicted molar refractivity (Wildman–Crippen MR) is 83.3 cm³/mol. The van der Waals surface area contributed by atoms with Gasteiger partial charge in [-0.05, 0) is 31.1 Å². The summed E-state index contributed by atoms with van der Waals surface area (Å²) < 4.78 is 0. The number of amides is 2. The van der Waals surface area contributed by atoms with Crippen LogP contribution in [0.3, 0.4) is 0 Å². The second-order valence-corrected chi connectivity index (χ2v) is 6.68. The minimum atomic E-state index is -0.722. The van der Waals surface area contributed by atoms with Crippen LogP contribution in [0.4, 0.5) is 0 Å². The van der Waals surface area contributed by atoms with Crippen LogP contribution in [-0.4, -0.2) is 18.4 Å². The van der Waals surface area contributed by atoms with Crippen molar-refractivity contribution in [2.75, 3.05) is 6.54 Å². The predicted octanol–water partition coefficient (Wildman–Crippen LogP) is 2.39. The third kappa shape index (κ3) is 3.14. The van der Waals surface area contributed by atoms with E-state index in [9.17, 15) is 9.59 Å². The molecule has 21 heavy (non-hydrogen) atoms. The first kappa shape index (κ1) is 16.1. The van der Waals surface area contributed by atoms with E-state index >= 15 is 0 Å². The van der Waals surface area contributed by atoms with Gasteiger partial charge in [0.25, 0.3) is 0 Å². The molecule has 0 saturated heterocycles. The maximum Gasteiger partial charge on any atom is 0.228 e. The molecule has 0 aromatic rings. The fourth-order valence-corrected chi connectivity index (χ4v) is 3.82. The number of nitrogens with one attached hydrogen (secondary N) is 1. The monoisotopic (exact) mass is 292 g/mol. The highest BCUT2D eigenvalue weighted by molar-refractivity contribution is 5.93. The van der Waals surface area contributed by atoms with Crippen LogP contribution >= 0.6 is 0 Å². The Bertz CT molecular complexity index is 433. The summed E-state index contributed by atoms with van der Waals surface area (Å²) in [5.74, 6) is 0.268. The van der Waals surface area contributed by atoms with Crippen molar-refractivity contribution in [3.05, 3.63) is 12.2 Å². The van der Waals surface area contributed by atoms with Gasteiger partial charge in [0, 0.05) is 6.54 Å². The average molecular weight is 292 g/mol. The lowest BCUT2D eigenvalue weighted by molar-refractivity contribution is -0.135. The number of nitrogens with two attached hydrogens (primary N) is 1. The molecule has 2 bridgehead atoms. The van der Waals surface area contributed by atoms with Gasteiger partial charge in [0.05, 0.1) is 11.3 Å². The normalized spacial score (nSPS) is 31.3. The summed E-state index contributed by atoms with van der Waals surface area (Å²) >= 11 is 0. The molecule has 0 heterocycles. The van der Waals surface area contributed by atoms with Gasteiger partial charge in [0.1, 0.15) is 0 Å². The van der Waals surface area contributed by atoms with E-state index < -0.39 is 5.41 Å². The largest absolute Gasteiger partial charge is 0.369 e. The van der Waals surface area contributed by atoms with Gasteiger partial charge in [-0.1, -0.05) is 45.3 Å². The fourth-order valence-electron chi connectivity index (χ4n) is 3.82. The Kier molecular flexibility index (Phi) is 5.07. The fraction of sp³-hybridized carbons (Fsp3) is 0.765. The first-order chi connectivity index (χ1) is 10.0. The molecule has 0 aromatic heterocycles. The molecule has 1 saturated carbocycles. The molecular weight excluding hydrogens is 264 g/mol. The molecule has 0 aliphatic heterocycles. The quantitative estimate of drug-likeness (QED) is 0.674. The minimum Gasteiger partial charge on any atom is -0.369 e. The second-order valence-electron chi connectivity index (χ2n) is 6.68. The van der Waals surface area contributed by atoms with Gasteiger partial charge < -0.3 is 11.1 Å². The van der Waals surface area contributed by atoms with Crippen molar-refractivity contribution in [3.8, 4) is 0 Å². The second kappa shape index (κ2) is 6.63. The van der Waals surface area contributed by atoms with Gasteiger partial charge in [0.15, 0.2) is 0 Å². The molecule has 2 aliphatic rings. The van der Waals surface area contributed by atoms with Gasteiger partial charge in [0.2, 0.25) is 11.8 Å². The molecule has 0 spiro atoms. The summed E-state index contributed by atoms with van der Waals surface area (Å²) in [7, 11) is 0. The Morgan fingerprint density at radius 2 is 2.19 bits per heavy atom. The van der Waals surface area contributed by atoms with Gasteiger partial charge >= 0.3 is 0 Å². The number of allylic oxidation sites excluding steroid dienone is 1. The van der Waals surface area contributed by atoms with E-state index in [1.165, 1.54) is 12.8 Å². The molecule has 0 aromatic carbocycles. The summed E-state index contributed by atoms with van der Waals surface area (Å²) in [6.07, 6.45) is 10.0. The summed E-state index contributed by atoms with van der Waals surface area (Å²) in [6, 6.07) is 0. The van der Waals surface area contributed by atoms with E-state index in [0.717, 1.165) is 25.8 Å². The zero-order valence-electron chi connectivity index (χ0n) is 13.2. The van der Waals surface area contributed by atoms with Crippen LogP contribution in [0.5, 0.6) is 0 Å². The Morgan fingerprint density at radius 3 is 2.76 bits per heavy atom. The maximum atomic E-state index is 12.5. The lowest BCUT2D eigenvalue weighted by atomic mass is 9.76. The molecule has 4 heteroatoms. The van der Waals surface area contributed by atoms with Crippen molar-refractivity contribution in [1.29, 1.82) is 0 Å². The first-order valence-corrected chi connectivity index (χ1v) is 8.30. The van der Waals surface area contributed by atoms with E-state index in [0.29, 0.717) is 18.3 Å². The van der Waals surface area contributed by atoms with Crippen LogP contribution in [0.1, 0.15) is 52.4 Å². The lowest BCUT2D eigenvalue weighted by Crippen LogP contribution is -2.46. The maximum absolute atomic E-state index is 12.5. The van der Waals surface area contributed by atoms with E-state index in [1.54, 1.807) is 0 Å². The molecule has 3 N–H and O–H groups in total. The summed E-state index contributed by atoms with van der Waals surface area (Å²) in [5.41, 5.74) is 4.85. The Morgan fingerprint density at radius 1 is 1.43 bits per heavy atom. The van der Waals surface area contributed by atoms with Crippen LogP contribution < -0.4 is 11.1 Å². The van der Waals surface area contributed by atoms with E-state index in [1.807, 2.05) is 12.2 Å². The van der Waals surface area contributed by atoms with Crippen molar-refractivity contribution >= 4 is 11.8 Å².